The summed E-state index contributed by atoms with van der Waals surface area (Å²) in [5.74, 6) is 3.11. The fraction of sp³-hybridized carbons (Fsp3) is 0.182. The Labute approximate surface area is 419 Å². The first-order valence-corrected chi connectivity index (χ1v) is 26.1. The molecule has 0 fully saturated rings. The van der Waals surface area contributed by atoms with E-state index in [1.54, 1.807) is 0 Å². The number of aromatic nitrogens is 2. The highest BCUT2D eigenvalue weighted by Gasteiger charge is 2.39. The lowest BCUT2D eigenvalue weighted by molar-refractivity contribution is 0.483. The molecule has 0 aliphatic heterocycles. The summed E-state index contributed by atoms with van der Waals surface area (Å²) >= 11 is 1.83. The number of aryl methyl sites for hydroxylation is 2. The van der Waals surface area contributed by atoms with Gasteiger partial charge in [0.1, 0.15) is 34.0 Å². The fourth-order valence-corrected chi connectivity index (χ4v) is 13.2. The molecule has 13 rings (SSSR count). The first kappa shape index (κ1) is 43.4. The molecule has 2 heterocycles. The zero-order chi connectivity index (χ0) is 48.2. The summed E-state index contributed by atoms with van der Waals surface area (Å²) in [5, 5.41) is 4.13. The van der Waals surface area contributed by atoms with Crippen molar-refractivity contribution in [3.05, 3.63) is 203 Å². The maximum Gasteiger partial charge on any atom is 0.128 e. The van der Waals surface area contributed by atoms with Crippen molar-refractivity contribution in [2.24, 2.45) is 0 Å². The molecule has 2 aliphatic rings. The number of fused-ring (bicyclic) bond motifs is 13. The number of nitrogens with zero attached hydrogens (tertiary/aromatic N) is 2. The molecule has 0 saturated heterocycles. The lowest BCUT2D eigenvalue weighted by Crippen LogP contribution is -2.14. The van der Waals surface area contributed by atoms with Crippen molar-refractivity contribution in [3.63, 3.8) is 0 Å². The SMILES string of the molecule is CCCc1ccc(Oc2ccc3c4ccc(Oc5ccc(CCC)cc5)cc4c4nc5c(-c6cccc7c6-c6ccccc6C7(C)C)sc(-c6cccc7c6-c6ccccc6C7(C)C)c5nc4c3c2)cc1. The number of hydrogen-bond acceptors (Lipinski definition) is 5. The van der Waals surface area contributed by atoms with Gasteiger partial charge in [-0.3, -0.25) is 0 Å². The zero-order valence-electron chi connectivity index (χ0n) is 41.1. The molecule has 0 N–H and O–H groups in total. The largest absolute Gasteiger partial charge is 0.457 e. The molecule has 0 amide bonds. The Morgan fingerprint density at radius 3 is 1.18 bits per heavy atom. The maximum atomic E-state index is 6.66. The molecular formula is C66H54N2O2S. The molecule has 9 aromatic carbocycles. The normalized spacial score (nSPS) is 13.9. The van der Waals surface area contributed by atoms with Crippen molar-refractivity contribution >= 4 is 54.9 Å². The number of thiophene rings is 1. The first-order valence-electron chi connectivity index (χ1n) is 25.3. The van der Waals surface area contributed by atoms with Crippen LogP contribution in [0.25, 0.3) is 86.7 Å². The van der Waals surface area contributed by atoms with Gasteiger partial charge in [-0.05, 0) is 140 Å². The summed E-state index contributed by atoms with van der Waals surface area (Å²) in [6.07, 6.45) is 4.29. The average Bonchev–Trinajstić information content (AvgIpc) is 3.97. The Balaban J connectivity index is 1.11. The van der Waals surface area contributed by atoms with Crippen LogP contribution in [-0.2, 0) is 23.7 Å². The van der Waals surface area contributed by atoms with Crippen molar-refractivity contribution in [2.75, 3.05) is 0 Å². The monoisotopic (exact) mass is 938 g/mol. The van der Waals surface area contributed by atoms with E-state index in [4.69, 9.17) is 19.4 Å². The minimum atomic E-state index is -0.162. The highest BCUT2D eigenvalue weighted by Crippen LogP contribution is 2.58. The van der Waals surface area contributed by atoms with Gasteiger partial charge in [-0.25, -0.2) is 9.97 Å². The molecule has 2 aliphatic carbocycles. The van der Waals surface area contributed by atoms with Gasteiger partial charge in [0.15, 0.2) is 0 Å². The van der Waals surface area contributed by atoms with Crippen molar-refractivity contribution < 1.29 is 9.47 Å². The summed E-state index contributed by atoms with van der Waals surface area (Å²) in [7, 11) is 0. The van der Waals surface area contributed by atoms with Crippen LogP contribution in [0, 0.1) is 0 Å². The molecule has 0 bridgehead atoms. The van der Waals surface area contributed by atoms with E-state index in [2.05, 4.69) is 211 Å². The van der Waals surface area contributed by atoms with Gasteiger partial charge in [0.25, 0.3) is 0 Å². The molecule has 4 nitrogen and oxygen atoms in total. The van der Waals surface area contributed by atoms with Crippen LogP contribution in [0.4, 0.5) is 0 Å². The smallest absolute Gasteiger partial charge is 0.128 e. The summed E-state index contributed by atoms with van der Waals surface area (Å²) < 4.78 is 13.3. The summed E-state index contributed by atoms with van der Waals surface area (Å²) in [6.45, 7) is 13.8. The van der Waals surface area contributed by atoms with E-state index in [1.165, 1.54) is 66.8 Å². The maximum absolute atomic E-state index is 6.66. The minimum Gasteiger partial charge on any atom is -0.457 e. The zero-order valence-corrected chi connectivity index (χ0v) is 41.9. The Morgan fingerprint density at radius 1 is 0.380 bits per heavy atom. The van der Waals surface area contributed by atoms with Gasteiger partial charge in [-0.1, -0.05) is 164 Å². The third kappa shape index (κ3) is 6.84. The standard InChI is InChI=1S/C66H54N2O2S/c1-7-15-39-25-29-41(30-26-39)69-43-33-35-45-46-36-34-44(70-42-31-27-40(16-8-2)28-32-42)38-52(46)60-59(51(45)37-43)67-61-62(68-60)64(50-20-14-24-56-58(50)48-18-10-12-22-54(48)66(56,5)6)71-63(61)49-19-13-23-55-57(49)47-17-9-11-21-53(47)65(55,3)4/h9-14,17-38H,7-8,15-16H2,1-6H3. The molecule has 0 unspecified atom stereocenters. The molecule has 0 radical (unpaired) electrons. The summed E-state index contributed by atoms with van der Waals surface area (Å²) in [5.41, 5.74) is 18.6. The van der Waals surface area contributed by atoms with Crippen LogP contribution in [0.1, 0.15) is 87.8 Å². The number of ether oxygens (including phenoxy) is 2. The first-order chi connectivity index (χ1) is 34.6. The highest BCUT2D eigenvalue weighted by molar-refractivity contribution is 7.21. The van der Waals surface area contributed by atoms with Crippen LogP contribution >= 0.6 is 11.3 Å². The lowest BCUT2D eigenvalue weighted by atomic mass is 9.82. The van der Waals surface area contributed by atoms with Gasteiger partial charge >= 0.3 is 0 Å². The van der Waals surface area contributed by atoms with Crippen LogP contribution in [0.5, 0.6) is 23.0 Å². The number of benzene rings is 9. The third-order valence-corrected chi connectivity index (χ3v) is 16.6. The van der Waals surface area contributed by atoms with E-state index in [1.807, 2.05) is 11.3 Å². The molecule has 0 saturated carbocycles. The van der Waals surface area contributed by atoms with E-state index in [0.717, 1.165) is 102 Å². The van der Waals surface area contributed by atoms with E-state index < -0.39 is 0 Å². The van der Waals surface area contributed by atoms with Crippen LogP contribution in [0.2, 0.25) is 0 Å². The second-order valence-electron chi connectivity index (χ2n) is 20.6. The van der Waals surface area contributed by atoms with Crippen molar-refractivity contribution in [2.45, 2.75) is 78.1 Å². The van der Waals surface area contributed by atoms with Gasteiger partial charge in [-0.15, -0.1) is 11.3 Å². The van der Waals surface area contributed by atoms with E-state index >= 15 is 0 Å². The minimum absolute atomic E-state index is 0.162. The number of rotatable bonds is 10. The van der Waals surface area contributed by atoms with Gasteiger partial charge in [0.2, 0.25) is 0 Å². The van der Waals surface area contributed by atoms with Gasteiger partial charge in [0, 0.05) is 32.7 Å². The predicted molar refractivity (Wildman–Crippen MR) is 297 cm³/mol. The van der Waals surface area contributed by atoms with Gasteiger partial charge in [0.05, 0.1) is 20.8 Å². The lowest BCUT2D eigenvalue weighted by Gasteiger charge is -2.21. The fourth-order valence-electron chi connectivity index (χ4n) is 11.9. The Kier molecular flexibility index (Phi) is 10.1. The highest BCUT2D eigenvalue weighted by atomic mass is 32.1. The average molecular weight is 939 g/mol. The molecule has 0 spiro atoms. The Morgan fingerprint density at radius 2 is 0.761 bits per heavy atom. The van der Waals surface area contributed by atoms with E-state index in [0.29, 0.717) is 0 Å². The Bertz CT molecular complexity index is 3700. The van der Waals surface area contributed by atoms with Crippen LogP contribution < -0.4 is 9.47 Å². The molecular weight excluding hydrogens is 885 g/mol. The second-order valence-corrected chi connectivity index (χ2v) is 21.6. The van der Waals surface area contributed by atoms with Crippen LogP contribution in [-0.4, -0.2) is 9.97 Å². The second kappa shape index (κ2) is 16.5. The van der Waals surface area contributed by atoms with Gasteiger partial charge < -0.3 is 9.47 Å². The molecule has 71 heavy (non-hydrogen) atoms. The van der Waals surface area contributed by atoms with Crippen LogP contribution in [0.15, 0.2) is 170 Å². The van der Waals surface area contributed by atoms with Crippen LogP contribution in [0.3, 0.4) is 0 Å². The van der Waals surface area contributed by atoms with Crippen molar-refractivity contribution in [1.82, 2.24) is 9.97 Å². The summed E-state index contributed by atoms with van der Waals surface area (Å²) in [6, 6.07) is 61.4. The Hall–Kier alpha value is -7.60. The molecule has 346 valence electrons. The number of hydrogen-bond donors (Lipinski definition) is 0. The van der Waals surface area contributed by atoms with Crippen molar-refractivity contribution in [1.29, 1.82) is 0 Å². The van der Waals surface area contributed by atoms with E-state index in [9.17, 15) is 0 Å². The molecule has 0 atom stereocenters. The molecule has 11 aromatic rings. The van der Waals surface area contributed by atoms with Crippen molar-refractivity contribution in [3.8, 4) is 66.1 Å². The van der Waals surface area contributed by atoms with E-state index in [-0.39, 0.29) is 10.8 Å². The molecule has 2 aromatic heterocycles. The topological polar surface area (TPSA) is 44.2 Å². The molecule has 5 heteroatoms. The van der Waals surface area contributed by atoms with Gasteiger partial charge in [-0.2, -0.15) is 0 Å². The summed E-state index contributed by atoms with van der Waals surface area (Å²) in [4.78, 5) is 14.1. The predicted octanol–water partition coefficient (Wildman–Crippen LogP) is 18.6. The third-order valence-electron chi connectivity index (χ3n) is 15.4. The quantitative estimate of drug-likeness (QED) is 0.128.